The zero-order valence-corrected chi connectivity index (χ0v) is 23.4. The summed E-state index contributed by atoms with van der Waals surface area (Å²) in [7, 11) is 0. The molecule has 1 atom stereocenters. The van der Waals surface area contributed by atoms with E-state index in [0.717, 1.165) is 4.47 Å². The first-order valence-electron chi connectivity index (χ1n) is 11.1. The predicted molar refractivity (Wildman–Crippen MR) is 145 cm³/mol. The van der Waals surface area contributed by atoms with Crippen molar-refractivity contribution in [2.45, 2.75) is 44.9 Å². The molecular weight excluding hydrogens is 573 g/mol. The maximum atomic E-state index is 12.9. The van der Waals surface area contributed by atoms with Crippen molar-refractivity contribution in [3.8, 4) is 0 Å². The van der Waals surface area contributed by atoms with Gasteiger partial charge in [-0.25, -0.2) is 0 Å². The van der Waals surface area contributed by atoms with Crippen LogP contribution in [0.5, 0.6) is 0 Å². The molecule has 0 unspecified atom stereocenters. The number of hydrogen-bond acceptors (Lipinski definition) is 5. The molecule has 186 valence electrons. The maximum Gasteiger partial charge on any atom is 0.253 e. The summed E-state index contributed by atoms with van der Waals surface area (Å²) in [6, 6.07) is 11.8. The molecule has 2 N–H and O–H groups in total. The molecule has 1 aromatic heterocycles. The van der Waals surface area contributed by atoms with Gasteiger partial charge in [0.15, 0.2) is 11.0 Å². The molecule has 0 aliphatic heterocycles. The van der Waals surface area contributed by atoms with Crippen LogP contribution >= 0.6 is 50.9 Å². The number of nitrogens with zero attached hydrogens (tertiary/aromatic N) is 3. The van der Waals surface area contributed by atoms with E-state index >= 15 is 0 Å². The summed E-state index contributed by atoms with van der Waals surface area (Å²) < 4.78 is 2.68. The Bertz CT molecular complexity index is 1200. The monoisotopic (exact) mass is 597 g/mol. The average molecular weight is 599 g/mol. The molecule has 0 spiro atoms. The van der Waals surface area contributed by atoms with Crippen LogP contribution in [0.1, 0.15) is 49.4 Å². The topological polar surface area (TPSA) is 88.9 Å². The van der Waals surface area contributed by atoms with E-state index < -0.39 is 0 Å². The number of benzene rings is 2. The summed E-state index contributed by atoms with van der Waals surface area (Å²) in [5, 5.41) is 16.1. The Morgan fingerprint density at radius 3 is 2.51 bits per heavy atom. The van der Waals surface area contributed by atoms with Gasteiger partial charge in [-0.2, -0.15) is 0 Å². The number of thioether (sulfide) groups is 1. The molecule has 35 heavy (non-hydrogen) atoms. The minimum atomic E-state index is -0.362. The Kier molecular flexibility index (Phi) is 10.0. The minimum absolute atomic E-state index is 0.145. The van der Waals surface area contributed by atoms with Gasteiger partial charge >= 0.3 is 0 Å². The second kappa shape index (κ2) is 12.8. The number of anilines is 1. The summed E-state index contributed by atoms with van der Waals surface area (Å²) >= 11 is 16.9. The summed E-state index contributed by atoms with van der Waals surface area (Å²) in [6.45, 7) is 6.72. The molecular formula is C24H26BrCl2N5O2S. The van der Waals surface area contributed by atoms with Gasteiger partial charge in [0.1, 0.15) is 0 Å². The van der Waals surface area contributed by atoms with Gasteiger partial charge in [0, 0.05) is 16.7 Å². The lowest BCUT2D eigenvalue weighted by atomic mass is 10.0. The van der Waals surface area contributed by atoms with Crippen molar-refractivity contribution in [2.75, 3.05) is 11.1 Å². The second-order valence-corrected chi connectivity index (χ2v) is 10.8. The van der Waals surface area contributed by atoms with E-state index in [0.29, 0.717) is 51.2 Å². The number of amides is 2. The van der Waals surface area contributed by atoms with Crippen LogP contribution in [0, 0.1) is 5.92 Å². The molecule has 2 amide bonds. The lowest BCUT2D eigenvalue weighted by Gasteiger charge is -2.21. The summed E-state index contributed by atoms with van der Waals surface area (Å²) in [5.74, 6) is 0.629. The van der Waals surface area contributed by atoms with Gasteiger partial charge in [0.2, 0.25) is 5.91 Å². The Morgan fingerprint density at radius 2 is 1.86 bits per heavy atom. The van der Waals surface area contributed by atoms with Crippen molar-refractivity contribution in [3.63, 3.8) is 0 Å². The van der Waals surface area contributed by atoms with Crippen LogP contribution in [0.4, 0.5) is 5.69 Å². The van der Waals surface area contributed by atoms with Gasteiger partial charge in [0.25, 0.3) is 5.91 Å². The van der Waals surface area contributed by atoms with E-state index in [-0.39, 0.29) is 23.6 Å². The van der Waals surface area contributed by atoms with Gasteiger partial charge in [0.05, 0.1) is 27.4 Å². The lowest BCUT2D eigenvalue weighted by molar-refractivity contribution is -0.113. The Labute approximate surface area is 227 Å². The molecule has 7 nitrogen and oxygen atoms in total. The lowest BCUT2D eigenvalue weighted by Crippen LogP contribution is -2.31. The first-order chi connectivity index (χ1) is 16.7. The van der Waals surface area contributed by atoms with E-state index in [1.807, 2.05) is 11.5 Å². The van der Waals surface area contributed by atoms with Crippen LogP contribution < -0.4 is 10.6 Å². The predicted octanol–water partition coefficient (Wildman–Crippen LogP) is 6.62. The molecule has 3 aromatic rings. The number of halogens is 3. The highest BCUT2D eigenvalue weighted by Gasteiger charge is 2.25. The standard InChI is InChI=1S/C24H26BrCl2N5O2S/c1-4-32-22(20(11-14(2)3)29-23(34)16-7-5-6-8-18(16)26)30-31-24(32)35-13-21(33)28-15-9-10-17(25)19(27)12-15/h5-10,12,14,20H,4,11,13H2,1-3H3,(H,28,33)(H,29,34)/t20-/m1/s1. The van der Waals surface area contributed by atoms with Crippen molar-refractivity contribution >= 4 is 68.4 Å². The number of carbonyl (C=O) groups excluding carboxylic acids is 2. The van der Waals surface area contributed by atoms with Crippen LogP contribution in [-0.4, -0.2) is 32.3 Å². The fraction of sp³-hybridized carbons (Fsp3) is 0.333. The zero-order chi connectivity index (χ0) is 25.5. The molecule has 0 radical (unpaired) electrons. The van der Waals surface area contributed by atoms with Crippen molar-refractivity contribution in [3.05, 3.63) is 68.4 Å². The second-order valence-electron chi connectivity index (χ2n) is 8.19. The molecule has 0 saturated carbocycles. The van der Waals surface area contributed by atoms with Gasteiger partial charge in [-0.3, -0.25) is 9.59 Å². The number of carbonyl (C=O) groups is 2. The van der Waals surface area contributed by atoms with Crippen molar-refractivity contribution in [2.24, 2.45) is 5.92 Å². The molecule has 0 saturated heterocycles. The molecule has 0 aliphatic rings. The highest BCUT2D eigenvalue weighted by Crippen LogP contribution is 2.27. The largest absolute Gasteiger partial charge is 0.342 e. The normalized spacial score (nSPS) is 12.0. The van der Waals surface area contributed by atoms with Gasteiger partial charge < -0.3 is 15.2 Å². The third kappa shape index (κ3) is 7.46. The third-order valence-electron chi connectivity index (χ3n) is 5.04. The van der Waals surface area contributed by atoms with Crippen molar-refractivity contribution in [1.82, 2.24) is 20.1 Å². The smallest absolute Gasteiger partial charge is 0.253 e. The van der Waals surface area contributed by atoms with Crippen LogP contribution in [0.3, 0.4) is 0 Å². The quantitative estimate of drug-likeness (QED) is 0.256. The third-order valence-corrected chi connectivity index (χ3v) is 7.57. The molecule has 0 aliphatic carbocycles. The molecule has 0 bridgehead atoms. The van der Waals surface area contributed by atoms with Gasteiger partial charge in [-0.05, 0) is 65.5 Å². The summed E-state index contributed by atoms with van der Waals surface area (Å²) in [4.78, 5) is 25.4. The van der Waals surface area contributed by atoms with E-state index in [4.69, 9.17) is 23.2 Å². The van der Waals surface area contributed by atoms with Crippen molar-refractivity contribution in [1.29, 1.82) is 0 Å². The number of hydrogen-bond donors (Lipinski definition) is 2. The Balaban J connectivity index is 1.73. The fourth-order valence-electron chi connectivity index (χ4n) is 3.44. The van der Waals surface area contributed by atoms with Crippen molar-refractivity contribution < 1.29 is 9.59 Å². The molecule has 1 heterocycles. The van der Waals surface area contributed by atoms with E-state index in [1.54, 1.807) is 42.5 Å². The molecule has 2 aromatic carbocycles. The van der Waals surface area contributed by atoms with Crippen LogP contribution in [0.15, 0.2) is 52.1 Å². The minimum Gasteiger partial charge on any atom is -0.342 e. The number of nitrogens with one attached hydrogen (secondary N) is 2. The van der Waals surface area contributed by atoms with E-state index in [1.165, 1.54) is 11.8 Å². The molecule has 3 rings (SSSR count). The summed E-state index contributed by atoms with van der Waals surface area (Å²) in [6.07, 6.45) is 0.670. The SMILES string of the molecule is CCn1c(SCC(=O)Nc2ccc(Br)c(Cl)c2)nnc1[C@@H](CC(C)C)NC(=O)c1ccccc1Cl. The van der Waals surface area contributed by atoms with Crippen LogP contribution in [0.25, 0.3) is 0 Å². The van der Waals surface area contributed by atoms with Crippen LogP contribution in [-0.2, 0) is 11.3 Å². The van der Waals surface area contributed by atoms with Crippen LogP contribution in [0.2, 0.25) is 10.0 Å². The number of rotatable bonds is 10. The molecule has 11 heteroatoms. The first-order valence-corrected chi connectivity index (χ1v) is 13.6. The van der Waals surface area contributed by atoms with E-state index in [2.05, 4.69) is 50.6 Å². The highest BCUT2D eigenvalue weighted by atomic mass is 79.9. The van der Waals surface area contributed by atoms with Gasteiger partial charge in [-0.1, -0.05) is 60.9 Å². The number of aromatic nitrogens is 3. The molecule has 0 fully saturated rings. The average Bonchev–Trinajstić information content (AvgIpc) is 3.22. The Hall–Kier alpha value is -2.07. The first kappa shape index (κ1) is 27.5. The fourth-order valence-corrected chi connectivity index (χ4v) is 4.90. The van der Waals surface area contributed by atoms with Gasteiger partial charge in [-0.15, -0.1) is 10.2 Å². The Morgan fingerprint density at radius 1 is 1.11 bits per heavy atom. The van der Waals surface area contributed by atoms with E-state index in [9.17, 15) is 9.59 Å². The highest BCUT2D eigenvalue weighted by molar-refractivity contribution is 9.10. The summed E-state index contributed by atoms with van der Waals surface area (Å²) in [5.41, 5.74) is 1.02. The zero-order valence-electron chi connectivity index (χ0n) is 19.5. The maximum absolute atomic E-state index is 12.9.